The number of likely N-dealkylation sites (N-methyl/N-ethyl adjacent to an activating group) is 1. The zero-order valence-corrected chi connectivity index (χ0v) is 10.0. The van der Waals surface area contributed by atoms with E-state index >= 15 is 0 Å². The second-order valence-electron chi connectivity index (χ2n) is 4.67. The molecule has 1 aliphatic carbocycles. The number of carbonyl (C=O) groups excluding carboxylic acids is 1. The van der Waals surface area contributed by atoms with Crippen LogP contribution in [-0.2, 0) is 18.4 Å². The molecule has 0 saturated heterocycles. The van der Waals surface area contributed by atoms with Crippen molar-refractivity contribution >= 4 is 5.78 Å². The second kappa shape index (κ2) is 4.78. The number of carbonyl (C=O) groups is 1. The second-order valence-corrected chi connectivity index (χ2v) is 4.67. The maximum absolute atomic E-state index is 11.8. The van der Waals surface area contributed by atoms with Gasteiger partial charge in [0.05, 0.1) is 12.2 Å². The monoisotopic (exact) mass is 221 g/mol. The molecule has 16 heavy (non-hydrogen) atoms. The Hall–Kier alpha value is -1.16. The van der Waals surface area contributed by atoms with Crippen LogP contribution in [0.1, 0.15) is 31.2 Å². The molecule has 0 bridgehead atoms. The number of nitrogens with zero attached hydrogens (tertiary/aromatic N) is 3. The number of aromatic nitrogens is 2. The average molecular weight is 221 g/mol. The van der Waals surface area contributed by atoms with E-state index in [0.717, 1.165) is 25.8 Å². The molecule has 4 heteroatoms. The van der Waals surface area contributed by atoms with Gasteiger partial charge in [0, 0.05) is 31.8 Å². The van der Waals surface area contributed by atoms with Crippen molar-refractivity contribution in [1.29, 1.82) is 0 Å². The molecule has 1 aromatic rings. The lowest BCUT2D eigenvalue weighted by atomic mass is 9.93. The molecule has 1 heterocycles. The highest BCUT2D eigenvalue weighted by atomic mass is 16.1. The summed E-state index contributed by atoms with van der Waals surface area (Å²) in [7, 11) is 3.94. The first-order valence-electron chi connectivity index (χ1n) is 5.87. The summed E-state index contributed by atoms with van der Waals surface area (Å²) in [4.78, 5) is 13.9. The van der Waals surface area contributed by atoms with E-state index in [2.05, 4.69) is 10.00 Å². The summed E-state index contributed by atoms with van der Waals surface area (Å²) >= 11 is 0. The highest BCUT2D eigenvalue weighted by molar-refractivity contribution is 5.84. The van der Waals surface area contributed by atoms with Gasteiger partial charge < -0.3 is 0 Å². The van der Waals surface area contributed by atoms with E-state index in [1.807, 2.05) is 26.5 Å². The van der Waals surface area contributed by atoms with Crippen LogP contribution in [0.4, 0.5) is 0 Å². The van der Waals surface area contributed by atoms with Crippen molar-refractivity contribution in [2.24, 2.45) is 7.05 Å². The van der Waals surface area contributed by atoms with E-state index in [4.69, 9.17) is 0 Å². The molecule has 1 aromatic heterocycles. The van der Waals surface area contributed by atoms with Crippen LogP contribution in [0.25, 0.3) is 0 Å². The minimum Gasteiger partial charge on any atom is -0.298 e. The first-order valence-corrected chi connectivity index (χ1v) is 5.87. The van der Waals surface area contributed by atoms with Crippen LogP contribution < -0.4 is 0 Å². The fraction of sp³-hybridized carbons (Fsp3) is 0.667. The third-order valence-corrected chi connectivity index (χ3v) is 3.24. The van der Waals surface area contributed by atoms with Gasteiger partial charge in [-0.05, 0) is 19.9 Å². The molecule has 1 aliphatic rings. The molecule has 0 aromatic carbocycles. The molecule has 88 valence electrons. The number of Topliss-reactive ketones (excluding diaryl/α,β-unsaturated/α-hetero) is 1. The van der Waals surface area contributed by atoms with Crippen LogP contribution in [0.3, 0.4) is 0 Å². The molecule has 4 nitrogen and oxygen atoms in total. The summed E-state index contributed by atoms with van der Waals surface area (Å²) in [5.74, 6) is 0.401. The van der Waals surface area contributed by atoms with E-state index in [9.17, 15) is 4.79 Å². The lowest BCUT2D eigenvalue weighted by Crippen LogP contribution is -2.39. The summed E-state index contributed by atoms with van der Waals surface area (Å²) in [6.07, 6.45) is 7.87. The van der Waals surface area contributed by atoms with Crippen molar-refractivity contribution in [2.75, 3.05) is 7.05 Å². The van der Waals surface area contributed by atoms with Crippen molar-refractivity contribution in [3.63, 3.8) is 0 Å². The first kappa shape index (κ1) is 11.3. The molecule has 1 atom stereocenters. The Balaban J connectivity index is 1.96. The highest BCUT2D eigenvalue weighted by Gasteiger charge is 2.25. The largest absolute Gasteiger partial charge is 0.298 e. The van der Waals surface area contributed by atoms with E-state index < -0.39 is 0 Å². The standard InChI is InChI=1S/C12H19N3O/c1-14(8-10-7-13-15(2)9-10)11-5-3-4-6-12(11)16/h7,9,11H,3-6,8H2,1-2H3. The van der Waals surface area contributed by atoms with Crippen LogP contribution in [0, 0.1) is 0 Å². The Morgan fingerprint density at radius 2 is 2.38 bits per heavy atom. The zero-order valence-electron chi connectivity index (χ0n) is 10.0. The van der Waals surface area contributed by atoms with Gasteiger partial charge in [0.2, 0.25) is 0 Å². The van der Waals surface area contributed by atoms with Crippen LogP contribution >= 0.6 is 0 Å². The molecule has 0 amide bonds. The van der Waals surface area contributed by atoms with Crippen molar-refractivity contribution in [3.05, 3.63) is 18.0 Å². The van der Waals surface area contributed by atoms with Crippen molar-refractivity contribution in [1.82, 2.24) is 14.7 Å². The molecular weight excluding hydrogens is 202 g/mol. The molecular formula is C12H19N3O. The lowest BCUT2D eigenvalue weighted by Gasteiger charge is -2.29. The molecule has 1 saturated carbocycles. The summed E-state index contributed by atoms with van der Waals surface area (Å²) in [5, 5.41) is 4.14. The fourth-order valence-electron chi connectivity index (χ4n) is 2.38. The average Bonchev–Trinajstić information content (AvgIpc) is 2.64. The number of hydrogen-bond donors (Lipinski definition) is 0. The van der Waals surface area contributed by atoms with Gasteiger partial charge in [-0.1, -0.05) is 6.42 Å². The summed E-state index contributed by atoms with van der Waals surface area (Å²) < 4.78 is 1.80. The molecule has 0 aliphatic heterocycles. The third kappa shape index (κ3) is 2.50. The van der Waals surface area contributed by atoms with Gasteiger partial charge in [0.15, 0.2) is 0 Å². The normalized spacial score (nSPS) is 21.7. The number of rotatable bonds is 3. The van der Waals surface area contributed by atoms with Crippen molar-refractivity contribution in [3.8, 4) is 0 Å². The van der Waals surface area contributed by atoms with Gasteiger partial charge in [0.1, 0.15) is 5.78 Å². The third-order valence-electron chi connectivity index (χ3n) is 3.24. The highest BCUT2D eigenvalue weighted by Crippen LogP contribution is 2.20. The van der Waals surface area contributed by atoms with Crippen LogP contribution in [0.5, 0.6) is 0 Å². The Labute approximate surface area is 96.2 Å². The van der Waals surface area contributed by atoms with Gasteiger partial charge in [-0.15, -0.1) is 0 Å². The molecule has 0 radical (unpaired) electrons. The number of hydrogen-bond acceptors (Lipinski definition) is 3. The SMILES string of the molecule is CN(Cc1cnn(C)c1)C1CCCCC1=O. The van der Waals surface area contributed by atoms with Crippen molar-refractivity contribution < 1.29 is 4.79 Å². The predicted molar refractivity (Wildman–Crippen MR) is 61.9 cm³/mol. The zero-order chi connectivity index (χ0) is 11.5. The van der Waals surface area contributed by atoms with Gasteiger partial charge >= 0.3 is 0 Å². The van der Waals surface area contributed by atoms with Gasteiger partial charge in [-0.3, -0.25) is 14.4 Å². The molecule has 0 N–H and O–H groups in total. The van der Waals surface area contributed by atoms with Gasteiger partial charge in [-0.2, -0.15) is 5.10 Å². The fourth-order valence-corrected chi connectivity index (χ4v) is 2.38. The van der Waals surface area contributed by atoms with E-state index in [0.29, 0.717) is 5.78 Å². The van der Waals surface area contributed by atoms with Crippen molar-refractivity contribution in [2.45, 2.75) is 38.3 Å². The minimum absolute atomic E-state index is 0.119. The Morgan fingerprint density at radius 3 is 3.00 bits per heavy atom. The number of aryl methyl sites for hydroxylation is 1. The molecule has 2 rings (SSSR count). The van der Waals surface area contributed by atoms with Gasteiger partial charge in [-0.25, -0.2) is 0 Å². The van der Waals surface area contributed by atoms with E-state index in [1.165, 1.54) is 12.0 Å². The summed E-state index contributed by atoms with van der Waals surface area (Å²) in [6.45, 7) is 0.810. The smallest absolute Gasteiger partial charge is 0.149 e. The summed E-state index contributed by atoms with van der Waals surface area (Å²) in [6, 6.07) is 0.119. The van der Waals surface area contributed by atoms with Crippen LogP contribution in [-0.4, -0.2) is 33.6 Å². The maximum atomic E-state index is 11.8. The van der Waals surface area contributed by atoms with Crippen LogP contribution in [0.2, 0.25) is 0 Å². The van der Waals surface area contributed by atoms with Crippen LogP contribution in [0.15, 0.2) is 12.4 Å². The quantitative estimate of drug-likeness (QED) is 0.773. The lowest BCUT2D eigenvalue weighted by molar-refractivity contribution is -0.125. The Morgan fingerprint density at radius 1 is 1.56 bits per heavy atom. The summed E-state index contributed by atoms with van der Waals surface area (Å²) in [5.41, 5.74) is 1.17. The van der Waals surface area contributed by atoms with Gasteiger partial charge in [0.25, 0.3) is 0 Å². The first-order chi connectivity index (χ1) is 7.66. The Bertz CT molecular complexity index is 372. The molecule has 1 unspecified atom stereocenters. The molecule has 1 fully saturated rings. The minimum atomic E-state index is 0.119. The predicted octanol–water partition coefficient (Wildman–Crippen LogP) is 1.36. The maximum Gasteiger partial charge on any atom is 0.149 e. The molecule has 0 spiro atoms. The Kier molecular flexibility index (Phi) is 3.39. The topological polar surface area (TPSA) is 38.1 Å². The van der Waals surface area contributed by atoms with E-state index in [-0.39, 0.29) is 6.04 Å². The number of ketones is 1. The van der Waals surface area contributed by atoms with E-state index in [1.54, 1.807) is 4.68 Å².